The van der Waals surface area contributed by atoms with Gasteiger partial charge in [0.15, 0.2) is 0 Å². The van der Waals surface area contributed by atoms with Crippen LogP contribution in [0.15, 0.2) is 78.9 Å². The van der Waals surface area contributed by atoms with E-state index >= 15 is 0 Å². The zero-order chi connectivity index (χ0) is 22.9. The van der Waals surface area contributed by atoms with E-state index in [-0.39, 0.29) is 17.9 Å². The first-order valence-electron chi connectivity index (χ1n) is 10.9. The average Bonchev–Trinajstić information content (AvgIpc) is 3.22. The Kier molecular flexibility index (Phi) is 5.26. The third kappa shape index (κ3) is 4.28. The van der Waals surface area contributed by atoms with Gasteiger partial charge in [-0.25, -0.2) is 4.68 Å². The molecule has 2 N–H and O–H groups in total. The molecule has 6 nitrogen and oxygen atoms in total. The van der Waals surface area contributed by atoms with Crippen molar-refractivity contribution in [1.29, 1.82) is 0 Å². The number of carbonyl (C=O) groups is 1. The van der Waals surface area contributed by atoms with Crippen LogP contribution in [-0.4, -0.2) is 20.7 Å². The summed E-state index contributed by atoms with van der Waals surface area (Å²) in [6.07, 6.45) is 2.14. The predicted molar refractivity (Wildman–Crippen MR) is 131 cm³/mol. The van der Waals surface area contributed by atoms with Crippen LogP contribution in [0.4, 0.5) is 11.9 Å². The molecule has 1 aliphatic rings. The fourth-order valence-corrected chi connectivity index (χ4v) is 3.83. The molecule has 5 rings (SSSR count). The average molecular weight is 436 g/mol. The highest BCUT2D eigenvalue weighted by Crippen LogP contribution is 2.33. The fourth-order valence-electron chi connectivity index (χ4n) is 3.83. The predicted octanol–water partition coefficient (Wildman–Crippen LogP) is 5.51. The van der Waals surface area contributed by atoms with Gasteiger partial charge in [-0.05, 0) is 50.1 Å². The lowest BCUT2D eigenvalue weighted by Crippen LogP contribution is -2.20. The van der Waals surface area contributed by atoms with Crippen LogP contribution < -0.4 is 10.6 Å². The van der Waals surface area contributed by atoms with Crippen LogP contribution in [0.25, 0.3) is 5.70 Å². The van der Waals surface area contributed by atoms with Crippen molar-refractivity contribution in [3.63, 3.8) is 0 Å². The summed E-state index contributed by atoms with van der Waals surface area (Å²) in [5, 5.41) is 10.8. The molecule has 0 unspecified atom stereocenters. The minimum absolute atomic E-state index is 0.157. The molecule has 164 valence electrons. The standard InChI is InChI=1S/C27H25N5O/c1-17-4-10-20(11-5-17)23-16-24(21-12-6-18(2)7-13-21)32-27(28-23)30-26(31-32)29-25(33)22-14-8-19(3)9-15-22/h4-16,24H,1-3H3,(H2,28,29,30,31,33)/t24-/m0/s1. The van der Waals surface area contributed by atoms with Gasteiger partial charge >= 0.3 is 0 Å². The van der Waals surface area contributed by atoms with E-state index in [1.54, 1.807) is 12.1 Å². The van der Waals surface area contributed by atoms with Gasteiger partial charge in [-0.1, -0.05) is 77.4 Å². The van der Waals surface area contributed by atoms with Crippen molar-refractivity contribution in [2.24, 2.45) is 0 Å². The van der Waals surface area contributed by atoms with Crippen molar-refractivity contribution in [2.45, 2.75) is 26.8 Å². The molecule has 0 fully saturated rings. The number of aryl methyl sites for hydroxylation is 3. The Morgan fingerprint density at radius 2 is 1.42 bits per heavy atom. The second kappa shape index (κ2) is 8.39. The summed E-state index contributed by atoms with van der Waals surface area (Å²) < 4.78 is 1.81. The zero-order valence-electron chi connectivity index (χ0n) is 18.8. The van der Waals surface area contributed by atoms with Crippen LogP contribution in [0.5, 0.6) is 0 Å². The first-order valence-corrected chi connectivity index (χ1v) is 10.9. The largest absolute Gasteiger partial charge is 0.324 e. The van der Waals surface area contributed by atoms with Gasteiger partial charge in [0.05, 0.1) is 0 Å². The Hall–Kier alpha value is -4.19. The minimum atomic E-state index is -0.239. The Balaban J connectivity index is 1.50. The Labute approximate surface area is 193 Å². The van der Waals surface area contributed by atoms with Crippen LogP contribution >= 0.6 is 0 Å². The molecular formula is C27H25N5O. The molecule has 0 spiro atoms. The van der Waals surface area contributed by atoms with Gasteiger partial charge in [-0.2, -0.15) is 4.98 Å². The maximum absolute atomic E-state index is 12.7. The number of aromatic nitrogens is 3. The number of nitrogens with one attached hydrogen (secondary N) is 2. The quantitative estimate of drug-likeness (QED) is 0.443. The van der Waals surface area contributed by atoms with Crippen LogP contribution in [0.3, 0.4) is 0 Å². The zero-order valence-corrected chi connectivity index (χ0v) is 18.8. The van der Waals surface area contributed by atoms with Crippen molar-refractivity contribution >= 4 is 23.5 Å². The monoisotopic (exact) mass is 435 g/mol. The number of hydrogen-bond acceptors (Lipinski definition) is 4. The van der Waals surface area contributed by atoms with Gasteiger partial charge in [0.1, 0.15) is 6.04 Å². The lowest BCUT2D eigenvalue weighted by atomic mass is 10.0. The molecule has 1 atom stereocenters. The number of hydrogen-bond donors (Lipinski definition) is 2. The van der Waals surface area contributed by atoms with Crippen LogP contribution in [0.1, 0.15) is 44.2 Å². The Bertz CT molecular complexity index is 1330. The molecule has 6 heteroatoms. The number of rotatable bonds is 4. The summed E-state index contributed by atoms with van der Waals surface area (Å²) in [5.74, 6) is 0.605. The van der Waals surface area contributed by atoms with E-state index in [4.69, 9.17) is 0 Å². The van der Waals surface area contributed by atoms with Gasteiger partial charge in [0, 0.05) is 11.3 Å². The van der Waals surface area contributed by atoms with E-state index < -0.39 is 0 Å². The van der Waals surface area contributed by atoms with Crippen LogP contribution in [0.2, 0.25) is 0 Å². The smallest absolute Gasteiger partial charge is 0.258 e. The number of amides is 1. The lowest BCUT2D eigenvalue weighted by molar-refractivity contribution is 0.102. The van der Waals surface area contributed by atoms with Crippen molar-refractivity contribution < 1.29 is 4.79 Å². The number of carbonyl (C=O) groups excluding carboxylic acids is 1. The van der Waals surface area contributed by atoms with E-state index in [1.807, 2.05) is 23.7 Å². The van der Waals surface area contributed by atoms with Crippen LogP contribution in [-0.2, 0) is 0 Å². The number of nitrogens with zero attached hydrogens (tertiary/aromatic N) is 3. The maximum Gasteiger partial charge on any atom is 0.258 e. The van der Waals surface area contributed by atoms with Crippen LogP contribution in [0, 0.1) is 20.8 Å². The van der Waals surface area contributed by atoms with E-state index in [1.165, 1.54) is 11.1 Å². The first-order chi connectivity index (χ1) is 16.0. The first kappa shape index (κ1) is 20.7. The van der Waals surface area contributed by atoms with E-state index in [9.17, 15) is 4.79 Å². The summed E-state index contributed by atoms with van der Waals surface area (Å²) in [4.78, 5) is 17.3. The van der Waals surface area contributed by atoms with Gasteiger partial charge in [0.2, 0.25) is 5.95 Å². The second-order valence-corrected chi connectivity index (χ2v) is 8.45. The highest BCUT2D eigenvalue weighted by molar-refractivity contribution is 6.03. The van der Waals surface area contributed by atoms with Crippen molar-refractivity contribution in [3.8, 4) is 0 Å². The molecule has 3 aromatic carbocycles. The normalized spacial score (nSPS) is 14.8. The van der Waals surface area contributed by atoms with Crippen molar-refractivity contribution in [2.75, 3.05) is 10.6 Å². The number of anilines is 2. The summed E-state index contributed by atoms with van der Waals surface area (Å²) in [6, 6.07) is 24.0. The molecule has 0 saturated heterocycles. The molecule has 2 heterocycles. The molecule has 4 aromatic rings. The fraction of sp³-hybridized carbons (Fsp3) is 0.148. The van der Waals surface area contributed by atoms with Gasteiger partial charge in [0.25, 0.3) is 11.9 Å². The van der Waals surface area contributed by atoms with Crippen molar-refractivity contribution in [1.82, 2.24) is 14.8 Å². The van der Waals surface area contributed by atoms with E-state index in [0.29, 0.717) is 11.5 Å². The maximum atomic E-state index is 12.7. The highest BCUT2D eigenvalue weighted by atomic mass is 16.1. The molecule has 1 aliphatic heterocycles. The van der Waals surface area contributed by atoms with Crippen molar-refractivity contribution in [3.05, 3.63) is 112 Å². The molecule has 33 heavy (non-hydrogen) atoms. The Morgan fingerprint density at radius 3 is 2.06 bits per heavy atom. The molecular weight excluding hydrogens is 410 g/mol. The van der Waals surface area contributed by atoms with Gasteiger partial charge in [-0.15, -0.1) is 5.10 Å². The van der Waals surface area contributed by atoms with E-state index in [2.05, 4.69) is 89.2 Å². The molecule has 0 aliphatic carbocycles. The van der Waals surface area contributed by atoms with Gasteiger partial charge < -0.3 is 5.32 Å². The highest BCUT2D eigenvalue weighted by Gasteiger charge is 2.26. The third-order valence-electron chi connectivity index (χ3n) is 5.79. The molecule has 0 radical (unpaired) electrons. The number of fused-ring (bicyclic) bond motifs is 1. The van der Waals surface area contributed by atoms with Gasteiger partial charge in [-0.3, -0.25) is 10.1 Å². The SMILES string of the molecule is Cc1ccc(C(=O)Nc2nc3n(n2)[C@H](c2ccc(C)cc2)C=C(c2ccc(C)cc2)N3)cc1. The number of allylic oxidation sites excluding steroid dienone is 1. The molecule has 1 aromatic heterocycles. The summed E-state index contributed by atoms with van der Waals surface area (Å²) in [7, 11) is 0. The molecule has 1 amide bonds. The second-order valence-electron chi connectivity index (χ2n) is 8.45. The summed E-state index contributed by atoms with van der Waals surface area (Å²) in [5.41, 5.74) is 7.18. The summed E-state index contributed by atoms with van der Waals surface area (Å²) in [6.45, 7) is 6.13. The summed E-state index contributed by atoms with van der Waals surface area (Å²) >= 11 is 0. The Morgan fingerprint density at radius 1 is 0.848 bits per heavy atom. The topological polar surface area (TPSA) is 71.8 Å². The molecule has 0 saturated carbocycles. The minimum Gasteiger partial charge on any atom is -0.324 e. The lowest BCUT2D eigenvalue weighted by Gasteiger charge is -2.24. The third-order valence-corrected chi connectivity index (χ3v) is 5.79. The molecule has 0 bridgehead atoms. The number of benzene rings is 3. The van der Waals surface area contributed by atoms with E-state index in [0.717, 1.165) is 22.4 Å².